The Kier molecular flexibility index (Phi) is 5.48. The summed E-state index contributed by atoms with van der Waals surface area (Å²) in [5.74, 6) is 0. The highest BCUT2D eigenvalue weighted by Crippen LogP contribution is 2.30. The van der Waals surface area contributed by atoms with Crippen LogP contribution in [0.5, 0.6) is 0 Å². The molecule has 0 unspecified atom stereocenters. The Labute approximate surface area is 176 Å². The highest BCUT2D eigenvalue weighted by Gasteiger charge is 2.35. The summed E-state index contributed by atoms with van der Waals surface area (Å²) in [5, 5.41) is 9.23. The number of aryl methyl sites for hydroxylation is 1. The van der Waals surface area contributed by atoms with E-state index in [-0.39, 0.29) is 18.4 Å². The van der Waals surface area contributed by atoms with Gasteiger partial charge in [-0.2, -0.15) is 5.10 Å². The van der Waals surface area contributed by atoms with Crippen LogP contribution in [0.3, 0.4) is 0 Å². The second kappa shape index (κ2) is 8.05. The zero-order chi connectivity index (χ0) is 19.1. The van der Waals surface area contributed by atoms with Crippen molar-refractivity contribution in [2.45, 2.75) is 25.8 Å². The van der Waals surface area contributed by atoms with E-state index in [2.05, 4.69) is 40.5 Å². The summed E-state index contributed by atoms with van der Waals surface area (Å²) < 4.78 is 1.97. The summed E-state index contributed by atoms with van der Waals surface area (Å²) in [5.41, 5.74) is 4.01. The van der Waals surface area contributed by atoms with Gasteiger partial charge in [-0.3, -0.25) is 4.90 Å². The lowest BCUT2D eigenvalue weighted by atomic mass is 10.1. The summed E-state index contributed by atoms with van der Waals surface area (Å²) in [6.45, 7) is 5.57. The highest BCUT2D eigenvalue weighted by molar-refractivity contribution is 5.97. The van der Waals surface area contributed by atoms with E-state index in [1.165, 1.54) is 0 Å². The first-order valence-corrected chi connectivity index (χ1v) is 10.1. The molecule has 2 fully saturated rings. The van der Waals surface area contributed by atoms with Gasteiger partial charge in [-0.05, 0) is 63.2 Å². The second-order valence-electron chi connectivity index (χ2n) is 7.64. The number of para-hydroxylation sites is 1. The number of fused-ring (bicyclic) bond motifs is 1. The molecule has 2 aliphatic heterocycles. The molecule has 1 N–H and O–H groups in total. The van der Waals surface area contributed by atoms with Crippen molar-refractivity contribution in [1.82, 2.24) is 20.0 Å². The Balaban J connectivity index is 0.00000205. The summed E-state index contributed by atoms with van der Waals surface area (Å²) in [6, 6.07) is 16.9. The van der Waals surface area contributed by atoms with Gasteiger partial charge in [-0.25, -0.2) is 9.48 Å². The van der Waals surface area contributed by atoms with E-state index in [0.717, 1.165) is 67.0 Å². The zero-order valence-electron chi connectivity index (χ0n) is 16.5. The van der Waals surface area contributed by atoms with Crippen LogP contribution in [0.4, 0.5) is 10.5 Å². The van der Waals surface area contributed by atoms with Crippen molar-refractivity contribution in [1.29, 1.82) is 0 Å². The van der Waals surface area contributed by atoms with Gasteiger partial charge in [0.05, 0.1) is 16.9 Å². The Morgan fingerprint density at radius 3 is 2.52 bits per heavy atom. The van der Waals surface area contributed by atoms with Crippen molar-refractivity contribution in [2.24, 2.45) is 0 Å². The minimum Gasteiger partial charge on any atom is -0.319 e. The fraction of sp³-hybridized carbons (Fsp3) is 0.364. The first-order chi connectivity index (χ1) is 13.7. The number of aromatic nitrogens is 2. The monoisotopic (exact) mass is 411 g/mol. The third-order valence-electron chi connectivity index (χ3n) is 5.95. The van der Waals surface area contributed by atoms with E-state index in [4.69, 9.17) is 5.10 Å². The molecule has 152 valence electrons. The van der Waals surface area contributed by atoms with E-state index in [1.807, 2.05) is 34.7 Å². The van der Waals surface area contributed by atoms with Crippen LogP contribution in [0, 0.1) is 6.92 Å². The number of carbonyl (C=O) groups is 1. The average Bonchev–Trinajstić information content (AvgIpc) is 3.29. The third-order valence-corrected chi connectivity index (χ3v) is 5.95. The second-order valence-corrected chi connectivity index (χ2v) is 7.64. The molecular weight excluding hydrogens is 386 g/mol. The van der Waals surface area contributed by atoms with Crippen molar-refractivity contribution in [3.63, 3.8) is 0 Å². The predicted molar refractivity (Wildman–Crippen MR) is 118 cm³/mol. The van der Waals surface area contributed by atoms with Crippen LogP contribution in [0.1, 0.15) is 18.5 Å². The number of amides is 2. The largest absolute Gasteiger partial charge is 0.324 e. The number of nitrogens with one attached hydrogen (secondary N) is 1. The fourth-order valence-corrected chi connectivity index (χ4v) is 4.44. The molecule has 5 rings (SSSR count). The molecule has 29 heavy (non-hydrogen) atoms. The van der Waals surface area contributed by atoms with Crippen molar-refractivity contribution in [3.05, 3.63) is 54.2 Å². The molecule has 2 amide bonds. The molecule has 0 spiro atoms. The van der Waals surface area contributed by atoms with Crippen LogP contribution in [0.15, 0.2) is 48.5 Å². The van der Waals surface area contributed by atoms with Crippen LogP contribution in [-0.4, -0.2) is 52.9 Å². The lowest BCUT2D eigenvalue weighted by molar-refractivity contribution is 0.185. The topological polar surface area (TPSA) is 53.4 Å². The van der Waals surface area contributed by atoms with Crippen molar-refractivity contribution in [3.8, 4) is 5.69 Å². The van der Waals surface area contributed by atoms with Crippen LogP contribution in [-0.2, 0) is 0 Å². The Morgan fingerprint density at radius 2 is 1.76 bits per heavy atom. The van der Waals surface area contributed by atoms with Crippen molar-refractivity contribution >= 4 is 35.0 Å². The summed E-state index contributed by atoms with van der Waals surface area (Å²) in [4.78, 5) is 17.1. The van der Waals surface area contributed by atoms with Gasteiger partial charge in [0, 0.05) is 30.2 Å². The number of halogens is 1. The molecule has 0 saturated carbocycles. The summed E-state index contributed by atoms with van der Waals surface area (Å²) in [6.07, 6.45) is 2.08. The molecule has 2 aromatic carbocycles. The number of nitrogens with zero attached hydrogens (tertiary/aromatic N) is 4. The first-order valence-electron chi connectivity index (χ1n) is 10.1. The number of urea groups is 1. The van der Waals surface area contributed by atoms with E-state index in [0.29, 0.717) is 6.04 Å². The number of carbonyl (C=O) groups excluding carboxylic acids is 1. The molecule has 0 radical (unpaired) electrons. The molecule has 7 heteroatoms. The number of rotatable bonds is 3. The lowest BCUT2D eigenvalue weighted by Crippen LogP contribution is -2.45. The summed E-state index contributed by atoms with van der Waals surface area (Å²) >= 11 is 0. The van der Waals surface area contributed by atoms with E-state index in [1.54, 1.807) is 0 Å². The van der Waals surface area contributed by atoms with E-state index in [9.17, 15) is 4.79 Å². The van der Waals surface area contributed by atoms with Gasteiger partial charge >= 0.3 is 6.03 Å². The van der Waals surface area contributed by atoms with Gasteiger partial charge in [0.2, 0.25) is 0 Å². The average molecular weight is 412 g/mol. The molecule has 0 aliphatic carbocycles. The van der Waals surface area contributed by atoms with Gasteiger partial charge in [0.15, 0.2) is 0 Å². The maximum atomic E-state index is 13.1. The maximum absolute atomic E-state index is 13.1. The van der Waals surface area contributed by atoms with Crippen molar-refractivity contribution in [2.75, 3.05) is 31.1 Å². The van der Waals surface area contributed by atoms with Gasteiger partial charge in [-0.1, -0.05) is 18.2 Å². The van der Waals surface area contributed by atoms with E-state index < -0.39 is 0 Å². The smallest absolute Gasteiger partial charge is 0.319 e. The van der Waals surface area contributed by atoms with Gasteiger partial charge < -0.3 is 10.2 Å². The molecule has 1 aromatic heterocycles. The molecule has 6 nitrogen and oxygen atoms in total. The third kappa shape index (κ3) is 3.47. The lowest BCUT2D eigenvalue weighted by Gasteiger charge is -2.31. The highest BCUT2D eigenvalue weighted by atomic mass is 35.5. The van der Waals surface area contributed by atoms with E-state index >= 15 is 0 Å². The molecule has 2 aliphatic rings. The SMILES string of the molecule is Cc1nn(-c2ccccc2)c2cc(N3CCN(C4CCNCC4)C3=O)ccc12.Cl. The quantitative estimate of drug-likeness (QED) is 0.714. The van der Waals surface area contributed by atoms with Gasteiger partial charge in [0.1, 0.15) is 0 Å². The normalized spacial score (nSPS) is 17.8. The zero-order valence-corrected chi connectivity index (χ0v) is 17.4. The first kappa shape index (κ1) is 19.7. The number of anilines is 1. The Bertz CT molecular complexity index is 1010. The fourth-order valence-electron chi connectivity index (χ4n) is 4.44. The van der Waals surface area contributed by atoms with Gasteiger partial charge in [0.25, 0.3) is 0 Å². The number of hydrogen-bond acceptors (Lipinski definition) is 3. The van der Waals surface area contributed by atoms with Crippen molar-refractivity contribution < 1.29 is 4.79 Å². The predicted octanol–water partition coefficient (Wildman–Crippen LogP) is 3.75. The standard InChI is InChI=1S/C22H25N5O.ClH/c1-16-20-8-7-19(15-21(20)27(24-16)18-5-3-2-4-6-18)26-14-13-25(22(26)28)17-9-11-23-12-10-17;/h2-8,15,17,23H,9-14H2,1H3;1H. The Morgan fingerprint density at radius 1 is 1.00 bits per heavy atom. The Hall–Kier alpha value is -2.57. The minimum absolute atomic E-state index is 0. The van der Waals surface area contributed by atoms with Crippen LogP contribution >= 0.6 is 12.4 Å². The number of hydrogen-bond donors (Lipinski definition) is 1. The number of piperidine rings is 1. The molecule has 2 saturated heterocycles. The van der Waals surface area contributed by atoms with Crippen LogP contribution < -0.4 is 10.2 Å². The molecule has 0 atom stereocenters. The molecule has 3 heterocycles. The van der Waals surface area contributed by atoms with Crippen LogP contribution in [0.2, 0.25) is 0 Å². The summed E-state index contributed by atoms with van der Waals surface area (Å²) in [7, 11) is 0. The maximum Gasteiger partial charge on any atom is 0.324 e. The molecular formula is C22H26ClN5O. The molecule has 3 aromatic rings. The molecule has 0 bridgehead atoms. The number of benzene rings is 2. The van der Waals surface area contributed by atoms with Gasteiger partial charge in [-0.15, -0.1) is 12.4 Å². The van der Waals surface area contributed by atoms with Crippen LogP contribution in [0.25, 0.3) is 16.6 Å². The minimum atomic E-state index is 0.